The lowest BCUT2D eigenvalue weighted by Gasteiger charge is -2.17. The van der Waals surface area contributed by atoms with Gasteiger partial charge in [0.05, 0.1) is 12.7 Å². The number of nitrogens with zero attached hydrogens (tertiary/aromatic N) is 6. The molecule has 3 aromatic rings. The number of fused-ring (bicyclic) bond motifs is 1. The number of nitrogens with one attached hydrogen (secondary N) is 1. The Balaban J connectivity index is 1.72. The third-order valence-electron chi connectivity index (χ3n) is 3.93. The maximum Gasteiger partial charge on any atom is 0.257 e. The van der Waals surface area contributed by atoms with Gasteiger partial charge in [-0.2, -0.15) is 10.1 Å². The smallest absolute Gasteiger partial charge is 0.257 e. The van der Waals surface area contributed by atoms with Gasteiger partial charge in [-0.05, 0) is 13.1 Å². The number of hydrogen-bond acceptors (Lipinski definition) is 7. The molecule has 0 aliphatic carbocycles. The van der Waals surface area contributed by atoms with Crippen LogP contribution in [0.25, 0.3) is 5.65 Å². The first-order valence-corrected chi connectivity index (χ1v) is 8.22. The molecule has 3 rings (SSSR count). The molecule has 0 bridgehead atoms. The van der Waals surface area contributed by atoms with Gasteiger partial charge in [0.1, 0.15) is 5.56 Å². The molecule has 0 aromatic carbocycles. The van der Waals surface area contributed by atoms with Crippen molar-refractivity contribution < 1.29 is 9.32 Å². The first kappa shape index (κ1) is 17.0. The molecular formula is C16H21N7O2. The first-order chi connectivity index (χ1) is 12.1. The van der Waals surface area contributed by atoms with E-state index in [-0.39, 0.29) is 12.5 Å². The Hall–Kier alpha value is -2.81. The zero-order valence-corrected chi connectivity index (χ0v) is 14.6. The highest BCUT2D eigenvalue weighted by Gasteiger charge is 2.15. The van der Waals surface area contributed by atoms with E-state index in [4.69, 9.17) is 4.52 Å². The molecule has 1 amide bonds. The van der Waals surface area contributed by atoms with Crippen LogP contribution in [0.15, 0.2) is 23.1 Å². The topological polar surface area (TPSA) is 101 Å². The molecule has 0 radical (unpaired) electrons. The lowest BCUT2D eigenvalue weighted by molar-refractivity contribution is 0.0951. The van der Waals surface area contributed by atoms with Gasteiger partial charge in [-0.3, -0.25) is 9.69 Å². The molecule has 132 valence electrons. The van der Waals surface area contributed by atoms with Crippen molar-refractivity contribution in [3.05, 3.63) is 41.4 Å². The van der Waals surface area contributed by atoms with Crippen molar-refractivity contribution in [3.8, 4) is 0 Å². The van der Waals surface area contributed by atoms with Crippen molar-refractivity contribution in [3.63, 3.8) is 0 Å². The lowest BCUT2D eigenvalue weighted by atomic mass is 10.3. The lowest BCUT2D eigenvalue weighted by Crippen LogP contribution is -2.23. The Morgan fingerprint density at radius 3 is 2.80 bits per heavy atom. The van der Waals surface area contributed by atoms with Gasteiger partial charge >= 0.3 is 0 Å². The normalized spacial score (nSPS) is 11.4. The molecule has 0 aliphatic heterocycles. The molecule has 0 fully saturated rings. The average molecular weight is 343 g/mol. The first-order valence-electron chi connectivity index (χ1n) is 8.22. The zero-order valence-electron chi connectivity index (χ0n) is 14.6. The molecule has 9 heteroatoms. The van der Waals surface area contributed by atoms with Gasteiger partial charge in [0.2, 0.25) is 5.89 Å². The largest absolute Gasteiger partial charge is 0.344 e. The number of hydrogen-bond donors (Lipinski definition) is 1. The van der Waals surface area contributed by atoms with Crippen LogP contribution in [0.3, 0.4) is 0 Å². The second-order valence-electron chi connectivity index (χ2n) is 5.66. The molecule has 0 unspecified atom stereocenters. The summed E-state index contributed by atoms with van der Waals surface area (Å²) in [7, 11) is 0. The highest BCUT2D eigenvalue weighted by molar-refractivity contribution is 5.99. The molecular weight excluding hydrogens is 322 g/mol. The maximum atomic E-state index is 12.4. The Bertz CT molecular complexity index is 866. The minimum absolute atomic E-state index is 0.188. The standard InChI is InChI=1S/C16H21N7O2/c1-4-22(5-2)9-12-6-17-15-13(7-19-23(15)10-12)16(24)18-8-14-20-11(3)25-21-14/h6-7,10H,4-5,8-9H2,1-3H3,(H,18,24). The van der Waals surface area contributed by atoms with Crippen molar-refractivity contribution in [1.29, 1.82) is 0 Å². The summed E-state index contributed by atoms with van der Waals surface area (Å²) in [6, 6.07) is 0. The van der Waals surface area contributed by atoms with Gasteiger partial charge in [-0.25, -0.2) is 9.50 Å². The minimum atomic E-state index is -0.276. The van der Waals surface area contributed by atoms with Crippen LogP contribution >= 0.6 is 0 Å². The van der Waals surface area contributed by atoms with Gasteiger partial charge in [-0.15, -0.1) is 0 Å². The summed E-state index contributed by atoms with van der Waals surface area (Å²) in [6.07, 6.45) is 5.20. The van der Waals surface area contributed by atoms with Crippen molar-refractivity contribution in [2.45, 2.75) is 33.9 Å². The molecule has 0 saturated carbocycles. The van der Waals surface area contributed by atoms with Crippen LogP contribution in [0.4, 0.5) is 0 Å². The van der Waals surface area contributed by atoms with Gasteiger partial charge in [-0.1, -0.05) is 19.0 Å². The van der Waals surface area contributed by atoms with E-state index in [9.17, 15) is 4.79 Å². The number of rotatable bonds is 7. The maximum absolute atomic E-state index is 12.4. The van der Waals surface area contributed by atoms with Crippen LogP contribution in [0.5, 0.6) is 0 Å². The van der Waals surface area contributed by atoms with Crippen molar-refractivity contribution in [2.75, 3.05) is 13.1 Å². The van der Waals surface area contributed by atoms with Gasteiger partial charge in [0, 0.05) is 31.4 Å². The Morgan fingerprint density at radius 1 is 1.32 bits per heavy atom. The molecule has 0 aliphatic rings. The molecule has 0 atom stereocenters. The number of amides is 1. The zero-order chi connectivity index (χ0) is 17.8. The highest BCUT2D eigenvalue weighted by Crippen LogP contribution is 2.11. The molecule has 1 N–H and O–H groups in total. The van der Waals surface area contributed by atoms with Crippen LogP contribution in [0.2, 0.25) is 0 Å². The fraction of sp³-hybridized carbons (Fsp3) is 0.438. The van der Waals surface area contributed by atoms with E-state index < -0.39 is 0 Å². The molecule has 0 spiro atoms. The van der Waals surface area contributed by atoms with Crippen molar-refractivity contribution in [1.82, 2.24) is 35.0 Å². The van der Waals surface area contributed by atoms with E-state index >= 15 is 0 Å². The summed E-state index contributed by atoms with van der Waals surface area (Å²) >= 11 is 0. The molecule has 0 saturated heterocycles. The summed E-state index contributed by atoms with van der Waals surface area (Å²) < 4.78 is 6.51. The summed E-state index contributed by atoms with van der Waals surface area (Å²) in [5, 5.41) is 10.7. The number of aryl methyl sites for hydroxylation is 1. The summed E-state index contributed by atoms with van der Waals surface area (Å²) in [5.41, 5.74) is 1.98. The second kappa shape index (κ2) is 7.39. The van der Waals surface area contributed by atoms with Gasteiger partial charge < -0.3 is 9.84 Å². The van der Waals surface area contributed by atoms with Gasteiger partial charge in [0.15, 0.2) is 11.5 Å². The van der Waals surface area contributed by atoms with E-state index in [0.717, 1.165) is 25.2 Å². The van der Waals surface area contributed by atoms with E-state index in [1.165, 1.54) is 6.20 Å². The quantitative estimate of drug-likeness (QED) is 0.687. The third kappa shape index (κ3) is 3.82. The highest BCUT2D eigenvalue weighted by atomic mass is 16.5. The summed E-state index contributed by atoms with van der Waals surface area (Å²) in [4.78, 5) is 23.1. The van der Waals surface area contributed by atoms with Crippen LogP contribution in [-0.4, -0.2) is 48.6 Å². The van der Waals surface area contributed by atoms with Gasteiger partial charge in [0.25, 0.3) is 5.91 Å². The second-order valence-corrected chi connectivity index (χ2v) is 5.66. The van der Waals surface area contributed by atoms with Crippen molar-refractivity contribution >= 4 is 11.6 Å². The van der Waals surface area contributed by atoms with Crippen LogP contribution in [0, 0.1) is 6.92 Å². The third-order valence-corrected chi connectivity index (χ3v) is 3.93. The molecule has 25 heavy (non-hydrogen) atoms. The fourth-order valence-electron chi connectivity index (χ4n) is 2.53. The average Bonchev–Trinajstić information content (AvgIpc) is 3.23. The Kier molecular flexibility index (Phi) is 5.03. The molecule has 3 aromatic heterocycles. The SMILES string of the molecule is CCN(CC)Cc1cnc2c(C(=O)NCc3noc(C)n3)cnn2c1. The van der Waals surface area contributed by atoms with E-state index in [0.29, 0.717) is 22.9 Å². The Morgan fingerprint density at radius 2 is 2.12 bits per heavy atom. The number of aromatic nitrogens is 5. The predicted octanol–water partition coefficient (Wildman–Crippen LogP) is 1.19. The van der Waals surface area contributed by atoms with E-state index in [1.54, 1.807) is 17.6 Å². The number of carbonyl (C=O) groups is 1. The van der Waals surface area contributed by atoms with Crippen LogP contribution in [0.1, 0.15) is 41.5 Å². The predicted molar refractivity (Wildman–Crippen MR) is 89.8 cm³/mol. The fourth-order valence-corrected chi connectivity index (χ4v) is 2.53. The number of carbonyl (C=O) groups excluding carboxylic acids is 1. The van der Waals surface area contributed by atoms with Crippen LogP contribution < -0.4 is 5.32 Å². The summed E-state index contributed by atoms with van der Waals surface area (Å²) in [6.45, 7) is 8.87. The Labute approximate surface area is 145 Å². The summed E-state index contributed by atoms with van der Waals surface area (Å²) in [5.74, 6) is 0.612. The molecule has 3 heterocycles. The minimum Gasteiger partial charge on any atom is -0.344 e. The molecule has 9 nitrogen and oxygen atoms in total. The van der Waals surface area contributed by atoms with E-state index in [2.05, 4.69) is 44.3 Å². The monoisotopic (exact) mass is 343 g/mol. The van der Waals surface area contributed by atoms with Crippen molar-refractivity contribution in [2.24, 2.45) is 0 Å². The van der Waals surface area contributed by atoms with Crippen LogP contribution in [-0.2, 0) is 13.1 Å². The van der Waals surface area contributed by atoms with E-state index in [1.807, 2.05) is 6.20 Å².